The molecule has 33 heavy (non-hydrogen) atoms. The van der Waals surface area contributed by atoms with Gasteiger partial charge in [-0.15, -0.1) is 0 Å². The second-order valence-electron chi connectivity index (χ2n) is 8.65. The monoisotopic (exact) mass is 504 g/mol. The fourth-order valence-electron chi connectivity index (χ4n) is 4.49. The van der Waals surface area contributed by atoms with Crippen molar-refractivity contribution in [3.63, 3.8) is 0 Å². The highest BCUT2D eigenvalue weighted by Gasteiger charge is 2.42. The smallest absolute Gasteiger partial charge is 0.253 e. The van der Waals surface area contributed by atoms with Crippen molar-refractivity contribution in [1.82, 2.24) is 4.90 Å². The minimum Gasteiger partial charge on any atom is -0.368 e. The average molecular weight is 505 g/mol. The van der Waals surface area contributed by atoms with Gasteiger partial charge in [0.1, 0.15) is 0 Å². The van der Waals surface area contributed by atoms with Gasteiger partial charge in [0.25, 0.3) is 5.91 Å². The number of carbonyl (C=O) groups excluding carboxylic acids is 1. The molecule has 174 valence electrons. The summed E-state index contributed by atoms with van der Waals surface area (Å²) in [5.41, 5.74) is 3.79. The molecule has 3 aliphatic heterocycles. The molecular formula is C23H25ClN4O3S2. The first-order valence-corrected chi connectivity index (χ1v) is 14.0. The number of aliphatic imine (C=N–C) groups is 1. The lowest BCUT2D eigenvalue weighted by Gasteiger charge is -2.37. The number of piperazine rings is 1. The lowest BCUT2D eigenvalue weighted by atomic mass is 10.1. The van der Waals surface area contributed by atoms with Gasteiger partial charge >= 0.3 is 0 Å². The standard InChI is InChI=1S/C23H25ClN4O3S2/c1-15-2-5-17(24)12-20(15)27-8-10-28(11-9-27)22(29)16-3-6-18(7-4-16)25-23-26-19-13-33(30,31)14-21(19)32-23/h2-7,12,19,21H,8-11,13-14H2,1H3,(H,25,26)/t19-,21-/m1/s1. The van der Waals surface area contributed by atoms with Crippen molar-refractivity contribution in [3.8, 4) is 0 Å². The van der Waals surface area contributed by atoms with Crippen molar-refractivity contribution in [1.29, 1.82) is 0 Å². The van der Waals surface area contributed by atoms with Crippen LogP contribution in [-0.4, -0.2) is 73.4 Å². The number of nitrogens with one attached hydrogen (secondary N) is 1. The number of nitrogens with zero attached hydrogens (tertiary/aromatic N) is 3. The van der Waals surface area contributed by atoms with Gasteiger partial charge in [0.05, 0.1) is 17.5 Å². The topological polar surface area (TPSA) is 82.1 Å². The second-order valence-corrected chi connectivity index (χ2v) is 12.5. The number of amides is 1. The minimum atomic E-state index is -2.96. The number of fused-ring (bicyclic) bond motifs is 1. The number of hydrogen-bond donors (Lipinski definition) is 1. The number of anilines is 2. The Morgan fingerprint density at radius 1 is 1.09 bits per heavy atom. The van der Waals surface area contributed by atoms with Crippen LogP contribution >= 0.6 is 23.4 Å². The highest BCUT2D eigenvalue weighted by atomic mass is 35.5. The molecule has 3 heterocycles. The Kier molecular flexibility index (Phi) is 6.05. The molecular weight excluding hydrogens is 480 g/mol. The number of halogens is 1. The third kappa shape index (κ3) is 4.85. The van der Waals surface area contributed by atoms with Gasteiger partial charge in [-0.1, -0.05) is 29.4 Å². The van der Waals surface area contributed by atoms with E-state index in [0.29, 0.717) is 18.7 Å². The summed E-state index contributed by atoms with van der Waals surface area (Å²) in [7, 11) is -2.96. The van der Waals surface area contributed by atoms with E-state index in [-0.39, 0.29) is 28.7 Å². The van der Waals surface area contributed by atoms with Crippen LogP contribution in [0.5, 0.6) is 0 Å². The molecule has 10 heteroatoms. The maximum atomic E-state index is 13.0. The summed E-state index contributed by atoms with van der Waals surface area (Å²) in [6, 6.07) is 13.1. The van der Waals surface area contributed by atoms with E-state index in [1.165, 1.54) is 17.3 Å². The molecule has 2 fully saturated rings. The van der Waals surface area contributed by atoms with E-state index in [0.717, 1.165) is 34.7 Å². The van der Waals surface area contributed by atoms with Gasteiger partial charge in [0, 0.05) is 53.4 Å². The van der Waals surface area contributed by atoms with Crippen molar-refractivity contribution in [2.75, 3.05) is 47.9 Å². The number of carbonyl (C=O) groups is 1. The molecule has 5 rings (SSSR count). The quantitative estimate of drug-likeness (QED) is 0.690. The lowest BCUT2D eigenvalue weighted by Crippen LogP contribution is -2.49. The molecule has 0 saturated carbocycles. The SMILES string of the molecule is Cc1ccc(Cl)cc1N1CCN(C(=O)c2ccc(NC3=N[C@@H]4CS(=O)(=O)C[C@H]4S3)cc2)CC1. The average Bonchev–Trinajstić information content (AvgIpc) is 3.28. The zero-order valence-corrected chi connectivity index (χ0v) is 20.6. The zero-order valence-electron chi connectivity index (χ0n) is 18.2. The molecule has 1 N–H and O–H groups in total. The highest BCUT2D eigenvalue weighted by molar-refractivity contribution is 8.15. The fourth-order valence-corrected chi connectivity index (χ4v) is 8.33. The summed E-state index contributed by atoms with van der Waals surface area (Å²) in [6.45, 7) is 4.92. The molecule has 3 aliphatic rings. The molecule has 0 radical (unpaired) electrons. The van der Waals surface area contributed by atoms with Crippen LogP contribution in [0.3, 0.4) is 0 Å². The summed E-state index contributed by atoms with van der Waals surface area (Å²) < 4.78 is 23.4. The first kappa shape index (κ1) is 22.6. The summed E-state index contributed by atoms with van der Waals surface area (Å²) in [6.07, 6.45) is 0. The number of rotatable bonds is 3. The van der Waals surface area contributed by atoms with E-state index < -0.39 is 9.84 Å². The minimum absolute atomic E-state index is 0.00715. The van der Waals surface area contributed by atoms with E-state index in [2.05, 4.69) is 22.1 Å². The number of benzene rings is 2. The Hall–Kier alpha value is -2.23. The van der Waals surface area contributed by atoms with Gasteiger partial charge < -0.3 is 15.1 Å². The van der Waals surface area contributed by atoms with Crippen molar-refractivity contribution < 1.29 is 13.2 Å². The van der Waals surface area contributed by atoms with Crippen LogP contribution in [0.1, 0.15) is 15.9 Å². The molecule has 2 aromatic rings. The van der Waals surface area contributed by atoms with E-state index in [9.17, 15) is 13.2 Å². The van der Waals surface area contributed by atoms with Crippen molar-refractivity contribution >= 4 is 55.6 Å². The molecule has 2 aromatic carbocycles. The maximum Gasteiger partial charge on any atom is 0.253 e. The lowest BCUT2D eigenvalue weighted by molar-refractivity contribution is 0.0747. The van der Waals surface area contributed by atoms with E-state index in [1.807, 2.05) is 47.4 Å². The number of amidine groups is 1. The summed E-state index contributed by atoms with van der Waals surface area (Å²) >= 11 is 7.65. The van der Waals surface area contributed by atoms with Gasteiger partial charge in [-0.05, 0) is 48.9 Å². The van der Waals surface area contributed by atoms with E-state index in [1.54, 1.807) is 0 Å². The Morgan fingerprint density at radius 3 is 2.52 bits per heavy atom. The van der Waals surface area contributed by atoms with E-state index in [4.69, 9.17) is 11.6 Å². The van der Waals surface area contributed by atoms with Crippen LogP contribution in [-0.2, 0) is 9.84 Å². The van der Waals surface area contributed by atoms with Crippen LogP contribution in [0.4, 0.5) is 11.4 Å². The zero-order chi connectivity index (χ0) is 23.2. The maximum absolute atomic E-state index is 13.0. The Labute approximate surface area is 203 Å². The predicted molar refractivity (Wildman–Crippen MR) is 136 cm³/mol. The molecule has 0 unspecified atom stereocenters. The number of aryl methyl sites for hydroxylation is 1. The molecule has 2 atom stereocenters. The van der Waals surface area contributed by atoms with E-state index >= 15 is 0 Å². The molecule has 7 nitrogen and oxygen atoms in total. The van der Waals surface area contributed by atoms with Crippen LogP contribution in [0, 0.1) is 6.92 Å². The Balaban J connectivity index is 1.17. The largest absolute Gasteiger partial charge is 0.368 e. The molecule has 0 bridgehead atoms. The van der Waals surface area contributed by atoms with Crippen molar-refractivity contribution in [3.05, 3.63) is 58.6 Å². The number of hydrogen-bond acceptors (Lipinski definition) is 7. The Bertz CT molecular complexity index is 1210. The van der Waals surface area contributed by atoms with Gasteiger partial charge in [-0.3, -0.25) is 9.79 Å². The first-order chi connectivity index (χ1) is 15.8. The van der Waals surface area contributed by atoms with Gasteiger partial charge in [-0.2, -0.15) is 0 Å². The second kappa shape index (κ2) is 8.85. The van der Waals surface area contributed by atoms with Gasteiger partial charge in [-0.25, -0.2) is 8.42 Å². The van der Waals surface area contributed by atoms with Crippen LogP contribution in [0.15, 0.2) is 47.5 Å². The third-order valence-corrected chi connectivity index (χ3v) is 9.66. The Morgan fingerprint density at radius 2 is 1.82 bits per heavy atom. The summed E-state index contributed by atoms with van der Waals surface area (Å²) in [4.78, 5) is 21.7. The molecule has 2 saturated heterocycles. The third-order valence-electron chi connectivity index (χ3n) is 6.28. The van der Waals surface area contributed by atoms with Crippen molar-refractivity contribution in [2.45, 2.75) is 18.2 Å². The summed E-state index contributed by atoms with van der Waals surface area (Å²) in [5, 5.41) is 4.72. The van der Waals surface area contributed by atoms with Crippen molar-refractivity contribution in [2.24, 2.45) is 4.99 Å². The number of sulfone groups is 1. The molecule has 0 spiro atoms. The molecule has 1 amide bonds. The normalized spacial score (nSPS) is 23.9. The van der Waals surface area contributed by atoms with Crippen LogP contribution in [0.25, 0.3) is 0 Å². The van der Waals surface area contributed by atoms with Gasteiger partial charge in [0.15, 0.2) is 15.0 Å². The van der Waals surface area contributed by atoms with Crippen LogP contribution < -0.4 is 10.2 Å². The fraction of sp³-hybridized carbons (Fsp3) is 0.391. The summed E-state index contributed by atoms with van der Waals surface area (Å²) in [5.74, 6) is 0.346. The highest BCUT2D eigenvalue weighted by Crippen LogP contribution is 2.34. The molecule has 0 aliphatic carbocycles. The first-order valence-electron chi connectivity index (χ1n) is 10.9. The van der Waals surface area contributed by atoms with Crippen LogP contribution in [0.2, 0.25) is 5.02 Å². The van der Waals surface area contributed by atoms with Gasteiger partial charge in [0.2, 0.25) is 0 Å². The predicted octanol–water partition coefficient (Wildman–Crippen LogP) is 3.29. The molecule has 0 aromatic heterocycles. The number of thioether (sulfide) groups is 1.